The molecular formula is C80H92N6O10S2Si. The third kappa shape index (κ3) is 18.5. The zero-order chi connectivity index (χ0) is 69.1. The van der Waals surface area contributed by atoms with E-state index in [9.17, 15) is 24.9 Å². The number of nitrogens with one attached hydrogen (secondary N) is 4. The van der Waals surface area contributed by atoms with Gasteiger partial charge in [-0.05, 0) is 175 Å². The minimum Gasteiger partial charge on any atom is -0.534 e. The monoisotopic (exact) mass is 1390 g/mol. The average molecular weight is 1390 g/mol. The Labute approximate surface area is 590 Å². The normalized spacial score (nSPS) is 14.4. The Morgan fingerprint density at radius 3 is 1.27 bits per heavy atom. The first kappa shape index (κ1) is 71.4. The molecule has 0 radical (unpaired) electrons. The summed E-state index contributed by atoms with van der Waals surface area (Å²) in [5, 5.41) is 48.4. The molecule has 2 amide bonds. The molecule has 2 aromatic heterocycles. The lowest BCUT2D eigenvalue weighted by Gasteiger charge is -2.43. The van der Waals surface area contributed by atoms with Crippen molar-refractivity contribution in [3.8, 4) is 34.5 Å². The number of anilines is 2. The van der Waals surface area contributed by atoms with Crippen LogP contribution in [0.1, 0.15) is 76.9 Å². The highest BCUT2D eigenvalue weighted by atomic mass is 32.1. The number of aliphatic hydroxyl groups is 2. The van der Waals surface area contributed by atoms with Crippen molar-refractivity contribution in [2.24, 2.45) is 0 Å². The first-order chi connectivity index (χ1) is 48.1. The van der Waals surface area contributed by atoms with Gasteiger partial charge in [-0.25, -0.2) is 0 Å². The Kier molecular flexibility index (Phi) is 24.7. The predicted molar refractivity (Wildman–Crippen MR) is 404 cm³/mol. The van der Waals surface area contributed by atoms with Gasteiger partial charge in [0.2, 0.25) is 0 Å². The van der Waals surface area contributed by atoms with Crippen LogP contribution in [-0.4, -0.2) is 149 Å². The molecule has 2 aliphatic heterocycles. The molecule has 2 saturated heterocycles. The first-order valence-electron chi connectivity index (χ1n) is 34.3. The summed E-state index contributed by atoms with van der Waals surface area (Å²) in [4.78, 5) is 32.0. The number of hydrogen-bond acceptors (Lipinski definition) is 16. The number of piperidine rings is 2. The number of hydrogen-bond donors (Lipinski definition) is 7. The Hall–Kier alpha value is -8.92. The minimum atomic E-state index is -2.73. The Balaban J connectivity index is 0.000000212. The fourth-order valence-electron chi connectivity index (χ4n) is 13.0. The summed E-state index contributed by atoms with van der Waals surface area (Å²) in [5.41, 5.74) is 4.61. The zero-order valence-corrected chi connectivity index (χ0v) is 59.8. The molecule has 10 aromatic rings. The highest BCUT2D eigenvalue weighted by Crippen LogP contribution is 2.41. The van der Waals surface area contributed by atoms with Crippen molar-refractivity contribution in [2.45, 2.75) is 88.6 Å². The van der Waals surface area contributed by atoms with E-state index in [0.717, 1.165) is 88.9 Å². The number of benzene rings is 8. The van der Waals surface area contributed by atoms with Crippen molar-refractivity contribution >= 4 is 84.7 Å². The standard InChI is InChI=1S/C48H55N3O5SSi.C32H37N3O5S/c1-48(2,3)58(41-13-7-5-8-14-41,42-15-9-6-10-16-42)56-40-25-23-39(24-26-40)55-34-38(52)33-49-30-27-35-19-21-36(22-20-35)50-37-28-31-51(32-29-37)47(53)46-45(54-4)43-17-11-12-18-44(43)57-46;1-39-30-28-4-2-3-5-29(28)41-31(30)32(38)35-18-15-24(16-19-35)34-23-8-6-22(7-9-23)14-17-33-20-26(37)21-40-27-12-10-25(36)11-13-27/h5-26,37-38,49-50,52H,27-34H2,1-4H3;2-13,24,26,33-34,36-37H,14-21H2,1H3/t38-;26-/m00/s1. The zero-order valence-electron chi connectivity index (χ0n) is 57.2. The molecule has 99 heavy (non-hydrogen) atoms. The number of amides is 2. The number of phenols is 1. The van der Waals surface area contributed by atoms with E-state index in [-0.39, 0.29) is 35.8 Å². The highest BCUT2D eigenvalue weighted by Gasteiger charge is 2.52. The van der Waals surface area contributed by atoms with Crippen molar-refractivity contribution in [3.63, 3.8) is 0 Å². The van der Waals surface area contributed by atoms with E-state index in [1.807, 2.05) is 94.7 Å². The van der Waals surface area contributed by atoms with Crippen molar-refractivity contribution < 1.29 is 48.3 Å². The van der Waals surface area contributed by atoms with Gasteiger partial charge in [0.1, 0.15) is 69.7 Å². The van der Waals surface area contributed by atoms with Crippen LogP contribution in [0.2, 0.25) is 5.04 Å². The van der Waals surface area contributed by atoms with Crippen LogP contribution < -0.4 is 55.0 Å². The molecule has 2 atom stereocenters. The first-order valence-corrected chi connectivity index (χ1v) is 37.8. The number of aromatic hydroxyl groups is 1. The fraction of sp³-hybridized carbons (Fsp3) is 0.325. The topological polar surface area (TPSA) is 196 Å². The summed E-state index contributed by atoms with van der Waals surface area (Å²) in [5.74, 6) is 3.76. The van der Waals surface area contributed by atoms with E-state index in [1.54, 1.807) is 38.5 Å². The van der Waals surface area contributed by atoms with E-state index in [0.29, 0.717) is 84.1 Å². The second-order valence-corrected chi connectivity index (χ2v) is 32.6. The maximum atomic E-state index is 13.4. The number of fused-ring (bicyclic) bond motifs is 2. The van der Waals surface area contributed by atoms with Gasteiger partial charge in [0.25, 0.3) is 11.8 Å². The van der Waals surface area contributed by atoms with Crippen LogP contribution >= 0.6 is 22.7 Å². The van der Waals surface area contributed by atoms with Crippen LogP contribution in [0.4, 0.5) is 11.4 Å². The number of aliphatic hydroxyl groups excluding tert-OH is 2. The lowest BCUT2D eigenvalue weighted by atomic mass is 10.0. The molecule has 0 saturated carbocycles. The number of carbonyl (C=O) groups excluding carboxylic acids is 2. The van der Waals surface area contributed by atoms with Gasteiger partial charge in [-0.15, -0.1) is 22.7 Å². The number of likely N-dealkylation sites (tertiary alicyclic amines) is 2. The number of thiophene rings is 2. The molecule has 518 valence electrons. The lowest BCUT2D eigenvalue weighted by molar-refractivity contribution is 0.0712. The van der Waals surface area contributed by atoms with Crippen LogP contribution in [0, 0.1) is 0 Å². The summed E-state index contributed by atoms with van der Waals surface area (Å²) in [6.45, 7) is 12.4. The van der Waals surface area contributed by atoms with E-state index >= 15 is 0 Å². The van der Waals surface area contributed by atoms with Gasteiger partial charge in [-0.2, -0.15) is 0 Å². The summed E-state index contributed by atoms with van der Waals surface area (Å²) in [7, 11) is 0.543. The van der Waals surface area contributed by atoms with Gasteiger partial charge in [0, 0.05) is 82.9 Å². The molecule has 0 spiro atoms. The van der Waals surface area contributed by atoms with Crippen molar-refractivity contribution in [2.75, 3.05) is 90.4 Å². The lowest BCUT2D eigenvalue weighted by Crippen LogP contribution is -2.68. The van der Waals surface area contributed by atoms with Crippen molar-refractivity contribution in [1.82, 2.24) is 20.4 Å². The molecule has 19 heteroatoms. The highest BCUT2D eigenvalue weighted by molar-refractivity contribution is 7.21. The molecule has 2 fully saturated rings. The smallest absolute Gasteiger partial charge is 0.319 e. The summed E-state index contributed by atoms with van der Waals surface area (Å²) < 4.78 is 32.0. The Morgan fingerprint density at radius 1 is 0.505 bits per heavy atom. The number of rotatable bonds is 28. The molecule has 0 bridgehead atoms. The number of methoxy groups -OCH3 is 2. The largest absolute Gasteiger partial charge is 0.534 e. The third-order valence-corrected chi connectivity index (χ3v) is 25.5. The molecule has 12 rings (SSSR count). The quantitative estimate of drug-likeness (QED) is 0.0181. The van der Waals surface area contributed by atoms with Gasteiger partial charge >= 0.3 is 8.32 Å². The van der Waals surface area contributed by atoms with Crippen molar-refractivity contribution in [3.05, 3.63) is 227 Å². The molecule has 4 heterocycles. The van der Waals surface area contributed by atoms with Gasteiger partial charge in [-0.1, -0.05) is 130 Å². The van der Waals surface area contributed by atoms with Crippen LogP contribution in [0.5, 0.6) is 34.5 Å². The second-order valence-electron chi connectivity index (χ2n) is 26.3. The van der Waals surface area contributed by atoms with Gasteiger partial charge in [0.15, 0.2) is 0 Å². The Bertz CT molecular complexity index is 4120. The molecule has 2 aliphatic rings. The minimum absolute atomic E-state index is 0.0526. The van der Waals surface area contributed by atoms with Crippen LogP contribution in [0.25, 0.3) is 20.2 Å². The van der Waals surface area contributed by atoms with Crippen LogP contribution in [0.15, 0.2) is 206 Å². The van der Waals surface area contributed by atoms with Gasteiger partial charge < -0.3 is 69.8 Å². The molecule has 0 aliphatic carbocycles. The molecule has 16 nitrogen and oxygen atoms in total. The number of phenolic OH excluding ortho intramolecular Hbond substituents is 1. The van der Waals surface area contributed by atoms with Crippen LogP contribution in [0.3, 0.4) is 0 Å². The fourth-order valence-corrected chi connectivity index (χ4v) is 19.7. The van der Waals surface area contributed by atoms with E-state index in [1.165, 1.54) is 44.2 Å². The molecule has 8 aromatic carbocycles. The predicted octanol–water partition coefficient (Wildman–Crippen LogP) is 13.0. The number of carbonyl (C=O) groups is 2. The molecule has 7 N–H and O–H groups in total. The second kappa shape index (κ2) is 34.2. The van der Waals surface area contributed by atoms with E-state index in [2.05, 4.69) is 139 Å². The Morgan fingerprint density at radius 2 is 0.879 bits per heavy atom. The summed E-state index contributed by atoms with van der Waals surface area (Å²) >= 11 is 3.01. The molecular weight excluding hydrogens is 1300 g/mol. The van der Waals surface area contributed by atoms with E-state index in [4.69, 9.17) is 23.4 Å². The van der Waals surface area contributed by atoms with Crippen LogP contribution in [-0.2, 0) is 12.8 Å². The van der Waals surface area contributed by atoms with E-state index < -0.39 is 20.5 Å². The van der Waals surface area contributed by atoms with Crippen molar-refractivity contribution in [1.29, 1.82) is 0 Å². The third-order valence-electron chi connectivity index (χ3n) is 18.3. The SMILES string of the molecule is COc1c(C(=O)N2CCC(Nc3ccc(CCNC[C@H](O)COc4ccc(O)cc4)cc3)CC2)sc2ccccc12.COc1c(C(=O)N2CCC(Nc3ccc(CCNC[C@H](O)COc4ccc(O[Si](c5ccccc5)(c5ccccc5)C(C)(C)C)cc4)cc3)CC2)sc2ccccc12. The summed E-state index contributed by atoms with van der Waals surface area (Å²) in [6, 6.07) is 69.1. The van der Waals surface area contributed by atoms with Gasteiger partial charge in [-0.3, -0.25) is 9.59 Å². The average Bonchev–Trinajstić information content (AvgIpc) is 1.51. The number of nitrogens with zero attached hydrogens (tertiary/aromatic N) is 2. The maximum Gasteiger partial charge on any atom is 0.319 e. The van der Waals surface area contributed by atoms with Gasteiger partial charge in [0.05, 0.1) is 14.2 Å². The molecule has 0 unspecified atom stereocenters. The number of ether oxygens (including phenoxy) is 4. The summed E-state index contributed by atoms with van der Waals surface area (Å²) in [6.07, 6.45) is 4.00. The maximum absolute atomic E-state index is 13.4.